The van der Waals surface area contributed by atoms with Crippen molar-refractivity contribution in [3.8, 4) is 5.69 Å². The van der Waals surface area contributed by atoms with E-state index in [1.54, 1.807) is 0 Å². The van der Waals surface area contributed by atoms with Crippen molar-refractivity contribution in [2.45, 2.75) is 42.9 Å². The maximum atomic E-state index is 6.03. The molecule has 0 spiro atoms. The fraction of sp³-hybridized carbons (Fsp3) is 0.250. The zero-order chi connectivity index (χ0) is 20.8. The lowest BCUT2D eigenvalue weighted by molar-refractivity contribution is 0.624. The summed E-state index contributed by atoms with van der Waals surface area (Å²) in [4.78, 5) is 9.90. The monoisotopic (exact) mass is 436 g/mol. The van der Waals surface area contributed by atoms with Crippen molar-refractivity contribution in [1.82, 2.24) is 19.1 Å². The number of rotatable bonds is 9. The molecule has 0 amide bonds. The summed E-state index contributed by atoms with van der Waals surface area (Å²) < 4.78 is 4.31. The van der Waals surface area contributed by atoms with Crippen LogP contribution in [0.4, 0.5) is 0 Å². The third-order valence-corrected chi connectivity index (χ3v) is 6.61. The molecule has 2 aromatic carbocycles. The highest BCUT2D eigenvalue weighted by Crippen LogP contribution is 2.29. The number of nitrogens with zero attached hydrogens (tertiary/aromatic N) is 4. The third-order valence-electron chi connectivity index (χ3n) is 5.09. The predicted octanol–water partition coefficient (Wildman–Crippen LogP) is 6.08. The Morgan fingerprint density at radius 3 is 2.50 bits per heavy atom. The van der Waals surface area contributed by atoms with Crippen molar-refractivity contribution in [3.05, 3.63) is 96.1 Å². The van der Waals surface area contributed by atoms with Gasteiger partial charge in [0.1, 0.15) is 5.82 Å². The molecular weight excluding hydrogens is 412 g/mol. The van der Waals surface area contributed by atoms with Crippen LogP contribution in [0.3, 0.4) is 0 Å². The fourth-order valence-corrected chi connectivity index (χ4v) is 4.79. The van der Waals surface area contributed by atoms with Gasteiger partial charge in [-0.3, -0.25) is 0 Å². The van der Waals surface area contributed by atoms with Gasteiger partial charge in [0.2, 0.25) is 0 Å². The molecule has 1 atom stereocenters. The molecular formula is C24H25ClN4S. The van der Waals surface area contributed by atoms with Gasteiger partial charge in [-0.05, 0) is 54.8 Å². The van der Waals surface area contributed by atoms with E-state index in [0.29, 0.717) is 5.25 Å². The van der Waals surface area contributed by atoms with Gasteiger partial charge in [-0.2, -0.15) is 0 Å². The minimum Gasteiger partial charge on any atom is -0.336 e. The molecule has 0 fully saturated rings. The quantitative estimate of drug-likeness (QED) is 0.298. The first-order valence-electron chi connectivity index (χ1n) is 10.2. The number of hydrogen-bond donors (Lipinski definition) is 0. The highest BCUT2D eigenvalue weighted by atomic mass is 35.5. The van der Waals surface area contributed by atoms with Gasteiger partial charge in [0.05, 0.1) is 6.33 Å². The molecule has 154 valence electrons. The Bertz CT molecular complexity index is 1040. The lowest BCUT2D eigenvalue weighted by atomic mass is 10.1. The molecule has 0 saturated carbocycles. The lowest BCUT2D eigenvalue weighted by Gasteiger charge is -2.18. The van der Waals surface area contributed by atoms with Crippen LogP contribution in [0.5, 0.6) is 0 Å². The number of imidazole rings is 2. The van der Waals surface area contributed by atoms with Crippen LogP contribution < -0.4 is 0 Å². The van der Waals surface area contributed by atoms with Gasteiger partial charge in [0.15, 0.2) is 0 Å². The molecule has 6 heteroatoms. The predicted molar refractivity (Wildman–Crippen MR) is 125 cm³/mol. The average Bonchev–Trinajstić information content (AvgIpc) is 3.45. The molecule has 0 bridgehead atoms. The zero-order valence-corrected chi connectivity index (χ0v) is 18.6. The number of thioether (sulfide) groups is 1. The highest BCUT2D eigenvalue weighted by Gasteiger charge is 2.13. The molecule has 1 unspecified atom stereocenters. The van der Waals surface area contributed by atoms with Crippen LogP contribution >= 0.6 is 23.4 Å². The summed E-state index contributed by atoms with van der Waals surface area (Å²) in [5.74, 6) is 1.08. The molecule has 2 heterocycles. The van der Waals surface area contributed by atoms with E-state index >= 15 is 0 Å². The Balaban J connectivity index is 1.45. The lowest BCUT2D eigenvalue weighted by Crippen LogP contribution is -2.13. The SMILES string of the molecule is CCc1nccn1-c1ccc(SC(CCc2ccc(Cl)cc2)Cn2ccnc2)cc1. The molecule has 30 heavy (non-hydrogen) atoms. The van der Waals surface area contributed by atoms with E-state index < -0.39 is 0 Å². The normalized spacial score (nSPS) is 12.2. The van der Waals surface area contributed by atoms with Gasteiger partial charge >= 0.3 is 0 Å². The van der Waals surface area contributed by atoms with Crippen LogP contribution in [0, 0.1) is 0 Å². The summed E-state index contributed by atoms with van der Waals surface area (Å²) in [5, 5.41) is 1.23. The van der Waals surface area contributed by atoms with Crippen LogP contribution in [-0.4, -0.2) is 24.4 Å². The van der Waals surface area contributed by atoms with Crippen molar-refractivity contribution in [2.75, 3.05) is 0 Å². The third kappa shape index (κ3) is 5.35. The summed E-state index contributed by atoms with van der Waals surface area (Å²) in [6.07, 6.45) is 12.7. The van der Waals surface area contributed by atoms with E-state index in [1.165, 1.54) is 10.5 Å². The summed E-state index contributed by atoms with van der Waals surface area (Å²) in [6, 6.07) is 16.9. The van der Waals surface area contributed by atoms with Crippen LogP contribution in [0.15, 0.2) is 84.5 Å². The second-order valence-corrected chi connectivity index (χ2v) is 9.04. The fourth-order valence-electron chi connectivity index (χ4n) is 3.50. The van der Waals surface area contributed by atoms with E-state index in [2.05, 4.69) is 62.4 Å². The molecule has 0 radical (unpaired) electrons. The van der Waals surface area contributed by atoms with Crippen molar-refractivity contribution in [2.24, 2.45) is 0 Å². The molecule has 4 aromatic rings. The molecule has 0 aliphatic heterocycles. The van der Waals surface area contributed by atoms with E-state index in [0.717, 1.165) is 42.3 Å². The first kappa shape index (κ1) is 20.8. The van der Waals surface area contributed by atoms with Crippen LogP contribution in [0.2, 0.25) is 5.02 Å². The first-order chi connectivity index (χ1) is 14.7. The molecule has 0 aliphatic carbocycles. The van der Waals surface area contributed by atoms with Gasteiger partial charge in [-0.1, -0.05) is 30.7 Å². The van der Waals surface area contributed by atoms with Gasteiger partial charge in [-0.25, -0.2) is 9.97 Å². The second-order valence-electron chi connectivity index (χ2n) is 7.23. The van der Waals surface area contributed by atoms with Crippen molar-refractivity contribution in [3.63, 3.8) is 0 Å². The van der Waals surface area contributed by atoms with Crippen molar-refractivity contribution >= 4 is 23.4 Å². The van der Waals surface area contributed by atoms with Gasteiger partial charge in [0, 0.05) is 58.6 Å². The molecule has 0 N–H and O–H groups in total. The minimum atomic E-state index is 0.445. The summed E-state index contributed by atoms with van der Waals surface area (Å²) in [6.45, 7) is 3.06. The number of benzene rings is 2. The van der Waals surface area contributed by atoms with E-state index in [-0.39, 0.29) is 0 Å². The summed E-state index contributed by atoms with van der Waals surface area (Å²) in [7, 11) is 0. The standard InChI is InChI=1S/C24H25ClN4S/c1-2-24-27-14-16-29(24)21-8-11-22(12-9-21)30-23(17-28-15-13-26-18-28)10-5-19-3-6-20(25)7-4-19/h3-4,6-9,11-16,18,23H,2,5,10,17H2,1H3. The largest absolute Gasteiger partial charge is 0.336 e. The Labute approximate surface area is 186 Å². The number of hydrogen-bond acceptors (Lipinski definition) is 3. The smallest absolute Gasteiger partial charge is 0.112 e. The van der Waals surface area contributed by atoms with Crippen molar-refractivity contribution in [1.29, 1.82) is 0 Å². The Hall–Kier alpha value is -2.50. The Morgan fingerprint density at radius 1 is 1.00 bits per heavy atom. The van der Waals surface area contributed by atoms with E-state index in [1.807, 2.05) is 55.0 Å². The molecule has 4 nitrogen and oxygen atoms in total. The number of aryl methyl sites for hydroxylation is 2. The molecule has 0 saturated heterocycles. The van der Waals surface area contributed by atoms with Gasteiger partial charge in [0.25, 0.3) is 0 Å². The van der Waals surface area contributed by atoms with E-state index in [9.17, 15) is 0 Å². The van der Waals surface area contributed by atoms with Gasteiger partial charge in [-0.15, -0.1) is 11.8 Å². The molecule has 4 rings (SSSR count). The minimum absolute atomic E-state index is 0.445. The maximum absolute atomic E-state index is 6.03. The number of halogens is 1. The van der Waals surface area contributed by atoms with Crippen LogP contribution in [0.1, 0.15) is 24.7 Å². The van der Waals surface area contributed by atoms with E-state index in [4.69, 9.17) is 11.6 Å². The highest BCUT2D eigenvalue weighted by molar-refractivity contribution is 8.00. The Morgan fingerprint density at radius 2 is 1.80 bits per heavy atom. The number of aromatic nitrogens is 4. The zero-order valence-electron chi connectivity index (χ0n) is 17.0. The van der Waals surface area contributed by atoms with Crippen LogP contribution in [0.25, 0.3) is 5.69 Å². The first-order valence-corrected chi connectivity index (χ1v) is 11.5. The summed E-state index contributed by atoms with van der Waals surface area (Å²) in [5.41, 5.74) is 2.47. The summed E-state index contributed by atoms with van der Waals surface area (Å²) >= 11 is 7.95. The topological polar surface area (TPSA) is 35.6 Å². The van der Waals surface area contributed by atoms with Gasteiger partial charge < -0.3 is 9.13 Å². The van der Waals surface area contributed by atoms with Crippen LogP contribution in [-0.2, 0) is 19.4 Å². The molecule has 0 aliphatic rings. The Kier molecular flexibility index (Phi) is 6.92. The second kappa shape index (κ2) is 10.0. The average molecular weight is 437 g/mol. The maximum Gasteiger partial charge on any atom is 0.112 e. The van der Waals surface area contributed by atoms with Crippen molar-refractivity contribution < 1.29 is 0 Å². The molecule has 2 aromatic heterocycles.